The molecule has 176 valence electrons. The molecular formula is C27H23FN4O3. The van der Waals surface area contributed by atoms with Gasteiger partial charge < -0.3 is 15.4 Å². The second-order valence-electron chi connectivity index (χ2n) is 7.60. The number of carbonyl (C=O) groups is 2. The number of hydrogen-bond donors (Lipinski definition) is 2. The van der Waals surface area contributed by atoms with E-state index in [4.69, 9.17) is 4.74 Å². The van der Waals surface area contributed by atoms with Crippen molar-refractivity contribution in [2.75, 3.05) is 24.4 Å². The third-order valence-electron chi connectivity index (χ3n) is 5.01. The summed E-state index contributed by atoms with van der Waals surface area (Å²) in [5, 5.41) is 10.1. The number of methoxy groups -OCH3 is 1. The van der Waals surface area contributed by atoms with Crippen molar-refractivity contribution in [2.45, 2.75) is 0 Å². The number of nitrogens with one attached hydrogen (secondary N) is 2. The van der Waals surface area contributed by atoms with Crippen molar-refractivity contribution in [3.63, 3.8) is 0 Å². The molecule has 0 spiro atoms. The minimum Gasteiger partial charge on any atom is -0.375 e. The lowest BCUT2D eigenvalue weighted by atomic mass is 10.1. The number of rotatable bonds is 8. The summed E-state index contributed by atoms with van der Waals surface area (Å²) in [7, 11) is 1.45. The molecule has 0 aliphatic heterocycles. The smallest absolute Gasteiger partial charge is 0.250 e. The van der Waals surface area contributed by atoms with Crippen LogP contribution in [0.2, 0.25) is 0 Å². The van der Waals surface area contributed by atoms with E-state index in [2.05, 4.69) is 15.7 Å². The first-order valence-corrected chi connectivity index (χ1v) is 10.8. The Labute approximate surface area is 201 Å². The van der Waals surface area contributed by atoms with Gasteiger partial charge >= 0.3 is 0 Å². The first-order chi connectivity index (χ1) is 17.0. The van der Waals surface area contributed by atoms with Crippen LogP contribution in [0.25, 0.3) is 23.0 Å². The van der Waals surface area contributed by atoms with Crippen LogP contribution in [0.1, 0.15) is 5.56 Å². The van der Waals surface area contributed by atoms with Crippen molar-refractivity contribution in [3.05, 3.63) is 103 Å². The highest BCUT2D eigenvalue weighted by Gasteiger charge is 2.11. The largest absolute Gasteiger partial charge is 0.375 e. The molecule has 0 saturated heterocycles. The Morgan fingerprint density at radius 3 is 2.26 bits per heavy atom. The average Bonchev–Trinajstić information content (AvgIpc) is 3.29. The van der Waals surface area contributed by atoms with Crippen molar-refractivity contribution >= 4 is 29.3 Å². The summed E-state index contributed by atoms with van der Waals surface area (Å²) in [5.74, 6) is -0.934. The number of halogens is 1. The Hall–Kier alpha value is -4.56. The lowest BCUT2D eigenvalue weighted by molar-refractivity contribution is -0.119. The van der Waals surface area contributed by atoms with Gasteiger partial charge in [0.25, 0.3) is 0 Å². The highest BCUT2D eigenvalue weighted by molar-refractivity contribution is 6.02. The zero-order valence-corrected chi connectivity index (χ0v) is 18.9. The molecule has 4 aromatic rings. The maximum Gasteiger partial charge on any atom is 0.250 e. The summed E-state index contributed by atoms with van der Waals surface area (Å²) in [6.45, 7) is -0.0377. The van der Waals surface area contributed by atoms with Crippen LogP contribution in [0, 0.1) is 5.82 Å². The van der Waals surface area contributed by atoms with Gasteiger partial charge in [-0.15, -0.1) is 0 Å². The third kappa shape index (κ3) is 6.27. The molecule has 8 heteroatoms. The SMILES string of the molecule is COCC(=O)Nc1ccc(NC(=O)/C=C/c2cn(-c3ccccc3)nc2-c2ccc(F)cc2)cc1. The normalized spacial score (nSPS) is 10.9. The van der Waals surface area contributed by atoms with Gasteiger partial charge in [-0.2, -0.15) is 5.10 Å². The van der Waals surface area contributed by atoms with Gasteiger partial charge in [-0.1, -0.05) is 18.2 Å². The van der Waals surface area contributed by atoms with Gasteiger partial charge in [0.15, 0.2) is 0 Å². The van der Waals surface area contributed by atoms with E-state index in [0.717, 1.165) is 11.3 Å². The quantitative estimate of drug-likeness (QED) is 0.358. The fourth-order valence-corrected chi connectivity index (χ4v) is 3.37. The molecule has 0 atom stereocenters. The zero-order chi connectivity index (χ0) is 24.6. The van der Waals surface area contributed by atoms with Crippen molar-refractivity contribution in [2.24, 2.45) is 0 Å². The van der Waals surface area contributed by atoms with E-state index in [1.54, 1.807) is 47.2 Å². The number of carbonyl (C=O) groups excluding carboxylic acids is 2. The summed E-state index contributed by atoms with van der Waals surface area (Å²) in [6.07, 6.45) is 4.89. The lowest BCUT2D eigenvalue weighted by Crippen LogP contribution is -2.17. The molecule has 0 saturated carbocycles. The monoisotopic (exact) mass is 470 g/mol. The van der Waals surface area contributed by atoms with Crippen LogP contribution in [-0.2, 0) is 14.3 Å². The van der Waals surface area contributed by atoms with Crippen molar-refractivity contribution in [3.8, 4) is 16.9 Å². The number of para-hydroxylation sites is 1. The predicted molar refractivity (Wildman–Crippen MR) is 134 cm³/mol. The minimum absolute atomic E-state index is 0.0377. The van der Waals surface area contributed by atoms with E-state index < -0.39 is 0 Å². The predicted octanol–water partition coefficient (Wildman–Crippen LogP) is 4.92. The Kier molecular flexibility index (Phi) is 7.44. The lowest BCUT2D eigenvalue weighted by Gasteiger charge is -2.06. The van der Waals surface area contributed by atoms with Crippen molar-refractivity contribution in [1.29, 1.82) is 0 Å². The Balaban J connectivity index is 1.51. The summed E-state index contributed by atoms with van der Waals surface area (Å²) >= 11 is 0. The van der Waals surface area contributed by atoms with Gasteiger partial charge in [0.1, 0.15) is 12.4 Å². The maximum absolute atomic E-state index is 13.4. The van der Waals surface area contributed by atoms with E-state index in [1.165, 1.54) is 25.3 Å². The highest BCUT2D eigenvalue weighted by atomic mass is 19.1. The second-order valence-corrected chi connectivity index (χ2v) is 7.60. The number of benzene rings is 3. The molecule has 1 aromatic heterocycles. The topological polar surface area (TPSA) is 85.3 Å². The Morgan fingerprint density at radius 1 is 0.943 bits per heavy atom. The first-order valence-electron chi connectivity index (χ1n) is 10.8. The number of amides is 2. The molecule has 4 rings (SSSR count). The fourth-order valence-electron chi connectivity index (χ4n) is 3.37. The molecule has 0 radical (unpaired) electrons. The molecule has 0 aliphatic carbocycles. The van der Waals surface area contributed by atoms with E-state index in [-0.39, 0.29) is 24.2 Å². The molecule has 0 bridgehead atoms. The van der Waals surface area contributed by atoms with Crippen LogP contribution in [0.4, 0.5) is 15.8 Å². The summed E-state index contributed by atoms with van der Waals surface area (Å²) in [6, 6.07) is 22.4. The van der Waals surface area contributed by atoms with Crippen LogP contribution in [0.5, 0.6) is 0 Å². The zero-order valence-electron chi connectivity index (χ0n) is 18.9. The minimum atomic E-state index is -0.336. The van der Waals surface area contributed by atoms with Gasteiger partial charge in [-0.25, -0.2) is 9.07 Å². The Morgan fingerprint density at radius 2 is 1.60 bits per heavy atom. The number of aromatic nitrogens is 2. The average molecular weight is 471 g/mol. The maximum atomic E-state index is 13.4. The van der Waals surface area contributed by atoms with Gasteiger partial charge in [0, 0.05) is 41.9 Å². The van der Waals surface area contributed by atoms with Gasteiger partial charge in [-0.3, -0.25) is 9.59 Å². The standard InChI is InChI=1S/C27H23FN4O3/c1-35-18-26(34)30-23-14-12-22(13-15-23)29-25(33)16-9-20-17-32(24-5-3-2-4-6-24)31-27(20)19-7-10-21(28)11-8-19/h2-17H,18H2,1H3,(H,29,33)(H,30,34)/b16-9+. The van der Waals surface area contributed by atoms with E-state index in [9.17, 15) is 14.0 Å². The highest BCUT2D eigenvalue weighted by Crippen LogP contribution is 2.25. The summed E-state index contributed by atoms with van der Waals surface area (Å²) in [5.41, 5.74) is 4.08. The molecule has 0 unspecified atom stereocenters. The number of anilines is 2. The fraction of sp³-hybridized carbons (Fsp3) is 0.0741. The molecule has 3 aromatic carbocycles. The van der Waals surface area contributed by atoms with Gasteiger partial charge in [-0.05, 0) is 66.7 Å². The van der Waals surface area contributed by atoms with Gasteiger partial charge in [0.05, 0.1) is 11.4 Å². The molecule has 1 heterocycles. The molecule has 0 fully saturated rings. The van der Waals surface area contributed by atoms with Gasteiger partial charge in [0.2, 0.25) is 11.8 Å². The Bertz CT molecular complexity index is 1330. The molecule has 7 nitrogen and oxygen atoms in total. The van der Waals surface area contributed by atoms with Crippen LogP contribution >= 0.6 is 0 Å². The number of hydrogen-bond acceptors (Lipinski definition) is 4. The van der Waals surface area contributed by atoms with E-state index >= 15 is 0 Å². The number of nitrogens with zero attached hydrogens (tertiary/aromatic N) is 2. The summed E-state index contributed by atoms with van der Waals surface area (Å²) in [4.78, 5) is 24.1. The molecule has 2 amide bonds. The summed E-state index contributed by atoms with van der Waals surface area (Å²) < 4.78 is 19.9. The number of ether oxygens (including phenoxy) is 1. The second kappa shape index (κ2) is 11.0. The van der Waals surface area contributed by atoms with E-state index in [1.807, 2.05) is 36.5 Å². The van der Waals surface area contributed by atoms with Crippen LogP contribution in [0.3, 0.4) is 0 Å². The third-order valence-corrected chi connectivity index (χ3v) is 5.01. The molecule has 2 N–H and O–H groups in total. The molecule has 0 aliphatic rings. The molecule has 35 heavy (non-hydrogen) atoms. The van der Waals surface area contributed by atoms with Crippen LogP contribution in [-0.4, -0.2) is 35.3 Å². The van der Waals surface area contributed by atoms with Crippen LogP contribution in [0.15, 0.2) is 91.1 Å². The van der Waals surface area contributed by atoms with Crippen LogP contribution < -0.4 is 10.6 Å². The van der Waals surface area contributed by atoms with Crippen molar-refractivity contribution in [1.82, 2.24) is 9.78 Å². The van der Waals surface area contributed by atoms with E-state index in [0.29, 0.717) is 22.6 Å². The van der Waals surface area contributed by atoms with Crippen molar-refractivity contribution < 1.29 is 18.7 Å². The molecular weight excluding hydrogens is 447 g/mol. The first kappa shape index (κ1) is 23.6.